The number of sulfonamides is 1. The topological polar surface area (TPSA) is 93.8 Å². The highest BCUT2D eigenvalue weighted by Crippen LogP contribution is 2.20. The minimum Gasteiger partial charge on any atom is -0.271 e. The highest BCUT2D eigenvalue weighted by atomic mass is 32.2. The number of benzene rings is 2. The SMILES string of the molecule is CS(=O)(=O)N(CC(=O)N1CCC(c2ccccc2)=N1)c1cccc(C#N)c1. The molecule has 8 heteroatoms. The number of nitrogens with zero attached hydrogens (tertiary/aromatic N) is 4. The summed E-state index contributed by atoms with van der Waals surface area (Å²) < 4.78 is 25.4. The first-order chi connectivity index (χ1) is 12.9. The lowest BCUT2D eigenvalue weighted by molar-refractivity contribution is -0.129. The zero-order chi connectivity index (χ0) is 19.4. The molecule has 0 unspecified atom stereocenters. The number of carbonyl (C=O) groups excluding carboxylic acids is 1. The Morgan fingerprint density at radius 3 is 2.63 bits per heavy atom. The van der Waals surface area contributed by atoms with Crippen molar-refractivity contribution in [1.82, 2.24) is 5.01 Å². The predicted octanol–water partition coefficient (Wildman–Crippen LogP) is 1.96. The second-order valence-corrected chi connectivity index (χ2v) is 8.02. The number of nitriles is 1. The Balaban J connectivity index is 1.82. The summed E-state index contributed by atoms with van der Waals surface area (Å²) in [5, 5.41) is 14.7. The van der Waals surface area contributed by atoms with Crippen LogP contribution in [0.25, 0.3) is 0 Å². The predicted molar refractivity (Wildman–Crippen MR) is 103 cm³/mol. The van der Waals surface area contributed by atoms with E-state index in [1.54, 1.807) is 18.2 Å². The number of hydrogen-bond donors (Lipinski definition) is 0. The Hall–Kier alpha value is -3.18. The third-order valence-corrected chi connectivity index (χ3v) is 5.28. The third-order valence-electron chi connectivity index (χ3n) is 4.14. The molecule has 2 aromatic carbocycles. The maximum Gasteiger partial charge on any atom is 0.263 e. The van der Waals surface area contributed by atoms with E-state index in [0.717, 1.165) is 21.8 Å². The fourth-order valence-electron chi connectivity index (χ4n) is 2.81. The quantitative estimate of drug-likeness (QED) is 0.790. The standard InChI is InChI=1S/C19H18N4O3S/c1-27(25,26)23(17-9-5-6-15(12-17)13-20)14-19(24)22-11-10-18(21-22)16-7-3-2-4-8-16/h2-9,12H,10-11,14H2,1H3. The molecule has 0 aromatic heterocycles. The first-order valence-corrected chi connectivity index (χ1v) is 10.1. The van der Waals surface area contributed by atoms with E-state index in [9.17, 15) is 13.2 Å². The van der Waals surface area contributed by atoms with E-state index in [1.807, 2.05) is 36.4 Å². The summed E-state index contributed by atoms with van der Waals surface area (Å²) in [5.41, 5.74) is 2.33. The molecule has 138 valence electrons. The summed E-state index contributed by atoms with van der Waals surface area (Å²) in [6.45, 7) is 0.0260. The molecule has 0 spiro atoms. The van der Waals surface area contributed by atoms with Crippen LogP contribution in [-0.4, -0.2) is 44.4 Å². The molecule has 0 fully saturated rings. The van der Waals surface area contributed by atoms with Crippen molar-refractivity contribution in [3.05, 3.63) is 65.7 Å². The van der Waals surface area contributed by atoms with Gasteiger partial charge in [-0.1, -0.05) is 36.4 Å². The van der Waals surface area contributed by atoms with Crippen LogP contribution in [0.1, 0.15) is 17.5 Å². The van der Waals surface area contributed by atoms with Crippen LogP contribution >= 0.6 is 0 Å². The van der Waals surface area contributed by atoms with Gasteiger partial charge in [0, 0.05) is 6.42 Å². The van der Waals surface area contributed by atoms with Gasteiger partial charge in [0.2, 0.25) is 10.0 Å². The minimum atomic E-state index is -3.71. The van der Waals surface area contributed by atoms with Crippen LogP contribution in [0.3, 0.4) is 0 Å². The van der Waals surface area contributed by atoms with E-state index in [4.69, 9.17) is 5.26 Å². The van der Waals surface area contributed by atoms with Crippen molar-refractivity contribution in [2.45, 2.75) is 6.42 Å². The summed E-state index contributed by atoms with van der Waals surface area (Å²) in [6.07, 6.45) is 1.64. The summed E-state index contributed by atoms with van der Waals surface area (Å²) in [4.78, 5) is 12.7. The van der Waals surface area contributed by atoms with E-state index >= 15 is 0 Å². The van der Waals surface area contributed by atoms with Crippen molar-refractivity contribution in [2.75, 3.05) is 23.7 Å². The summed E-state index contributed by atoms with van der Waals surface area (Å²) in [7, 11) is -3.71. The van der Waals surface area contributed by atoms with Crippen LogP contribution in [0, 0.1) is 11.3 Å². The Kier molecular flexibility index (Phi) is 5.23. The van der Waals surface area contributed by atoms with Crippen LogP contribution < -0.4 is 4.31 Å². The van der Waals surface area contributed by atoms with Crippen LogP contribution in [-0.2, 0) is 14.8 Å². The van der Waals surface area contributed by atoms with Crippen molar-refractivity contribution in [3.8, 4) is 6.07 Å². The smallest absolute Gasteiger partial charge is 0.263 e. The molecule has 2 aromatic rings. The molecule has 7 nitrogen and oxygen atoms in total. The number of carbonyl (C=O) groups is 1. The highest BCUT2D eigenvalue weighted by molar-refractivity contribution is 7.92. The van der Waals surface area contributed by atoms with Gasteiger partial charge in [-0.25, -0.2) is 13.4 Å². The molecule has 1 aliphatic heterocycles. The summed E-state index contributed by atoms with van der Waals surface area (Å²) in [5.74, 6) is -0.422. The molecular formula is C19H18N4O3S. The number of hydrazone groups is 1. The Morgan fingerprint density at radius 1 is 1.22 bits per heavy atom. The highest BCUT2D eigenvalue weighted by Gasteiger charge is 2.27. The molecule has 0 bridgehead atoms. The number of hydrogen-bond acceptors (Lipinski definition) is 5. The van der Waals surface area contributed by atoms with Crippen LogP contribution in [0.2, 0.25) is 0 Å². The second-order valence-electron chi connectivity index (χ2n) is 6.11. The Bertz CT molecular complexity index is 1030. The monoisotopic (exact) mass is 382 g/mol. The van der Waals surface area contributed by atoms with Gasteiger partial charge in [-0.15, -0.1) is 0 Å². The molecule has 0 aliphatic carbocycles. The molecule has 0 saturated carbocycles. The fraction of sp³-hybridized carbons (Fsp3) is 0.211. The molecule has 0 N–H and O–H groups in total. The molecule has 0 atom stereocenters. The number of rotatable bonds is 5. The zero-order valence-corrected chi connectivity index (χ0v) is 15.6. The van der Waals surface area contributed by atoms with Gasteiger partial charge in [-0.05, 0) is 23.8 Å². The van der Waals surface area contributed by atoms with E-state index in [0.29, 0.717) is 18.5 Å². The first kappa shape index (κ1) is 18.6. The van der Waals surface area contributed by atoms with Crippen molar-refractivity contribution in [3.63, 3.8) is 0 Å². The van der Waals surface area contributed by atoms with Crippen LogP contribution in [0.5, 0.6) is 0 Å². The normalized spacial score (nSPS) is 13.8. The van der Waals surface area contributed by atoms with Crippen molar-refractivity contribution in [2.24, 2.45) is 5.10 Å². The summed E-state index contributed by atoms with van der Waals surface area (Å²) >= 11 is 0. The maximum atomic E-state index is 12.7. The second kappa shape index (κ2) is 7.60. The van der Waals surface area contributed by atoms with Gasteiger partial charge in [0.05, 0.1) is 35.8 Å². The van der Waals surface area contributed by atoms with Gasteiger partial charge in [0.15, 0.2) is 0 Å². The van der Waals surface area contributed by atoms with Gasteiger partial charge in [-0.3, -0.25) is 9.10 Å². The van der Waals surface area contributed by atoms with Gasteiger partial charge in [0.1, 0.15) is 6.54 Å². The molecule has 3 rings (SSSR count). The first-order valence-electron chi connectivity index (χ1n) is 8.29. The van der Waals surface area contributed by atoms with Gasteiger partial charge >= 0.3 is 0 Å². The van der Waals surface area contributed by atoms with Crippen LogP contribution in [0.4, 0.5) is 5.69 Å². The molecule has 0 saturated heterocycles. The average molecular weight is 382 g/mol. The van der Waals surface area contributed by atoms with Gasteiger partial charge in [0.25, 0.3) is 5.91 Å². The van der Waals surface area contributed by atoms with Gasteiger partial charge in [-0.2, -0.15) is 10.4 Å². The van der Waals surface area contributed by atoms with E-state index in [-0.39, 0.29) is 12.2 Å². The van der Waals surface area contributed by atoms with E-state index in [2.05, 4.69) is 5.10 Å². The third kappa shape index (κ3) is 4.33. The fourth-order valence-corrected chi connectivity index (χ4v) is 3.65. The number of anilines is 1. The molecule has 0 radical (unpaired) electrons. The molecular weight excluding hydrogens is 364 g/mol. The maximum absolute atomic E-state index is 12.7. The minimum absolute atomic E-state index is 0.274. The van der Waals surface area contributed by atoms with E-state index < -0.39 is 15.9 Å². The molecule has 1 amide bonds. The summed E-state index contributed by atoms with van der Waals surface area (Å²) in [6, 6.07) is 17.7. The van der Waals surface area contributed by atoms with Crippen molar-refractivity contribution < 1.29 is 13.2 Å². The lowest BCUT2D eigenvalue weighted by Gasteiger charge is -2.23. The lowest BCUT2D eigenvalue weighted by atomic mass is 10.1. The van der Waals surface area contributed by atoms with E-state index in [1.165, 1.54) is 11.1 Å². The van der Waals surface area contributed by atoms with Crippen molar-refractivity contribution in [1.29, 1.82) is 5.26 Å². The van der Waals surface area contributed by atoms with Gasteiger partial charge < -0.3 is 0 Å². The number of amides is 1. The Labute approximate surface area is 158 Å². The lowest BCUT2D eigenvalue weighted by Crippen LogP contribution is -2.40. The molecule has 1 heterocycles. The molecule has 1 aliphatic rings. The molecule has 27 heavy (non-hydrogen) atoms. The van der Waals surface area contributed by atoms with Crippen LogP contribution in [0.15, 0.2) is 59.7 Å². The Morgan fingerprint density at radius 2 is 1.96 bits per heavy atom. The van der Waals surface area contributed by atoms with Crippen molar-refractivity contribution >= 4 is 27.3 Å². The largest absolute Gasteiger partial charge is 0.271 e. The zero-order valence-electron chi connectivity index (χ0n) is 14.7. The average Bonchev–Trinajstić information content (AvgIpc) is 3.16.